The molecule has 1 aliphatic heterocycles. The Balaban J connectivity index is 1.24. The van der Waals surface area contributed by atoms with Crippen LogP contribution in [-0.4, -0.2) is 37.0 Å². The van der Waals surface area contributed by atoms with E-state index < -0.39 is 0 Å². The maximum atomic E-state index is 14.6. The molecule has 37 heavy (non-hydrogen) atoms. The molecule has 200 valence electrons. The van der Waals surface area contributed by atoms with Crippen molar-refractivity contribution in [1.29, 1.82) is 0 Å². The molecule has 2 aromatic rings. The van der Waals surface area contributed by atoms with E-state index in [1.54, 1.807) is 18.2 Å². The van der Waals surface area contributed by atoms with Crippen molar-refractivity contribution in [3.05, 3.63) is 77.5 Å². The molecule has 2 aromatic carbocycles. The second-order valence-electron chi connectivity index (χ2n) is 11.1. The lowest BCUT2D eigenvalue weighted by Crippen LogP contribution is -2.37. The third kappa shape index (κ3) is 6.59. The number of carbonyl (C=O) groups excluding carboxylic acids is 1. The Morgan fingerprint density at radius 1 is 1.08 bits per heavy atom. The van der Waals surface area contributed by atoms with Gasteiger partial charge in [0.25, 0.3) is 0 Å². The van der Waals surface area contributed by atoms with Gasteiger partial charge in [-0.1, -0.05) is 45.4 Å². The van der Waals surface area contributed by atoms with Gasteiger partial charge in [0, 0.05) is 29.3 Å². The van der Waals surface area contributed by atoms with Crippen LogP contribution in [0.3, 0.4) is 0 Å². The largest absolute Gasteiger partial charge is 0.388 e. The number of hydrogen-bond acceptors (Lipinski definition) is 3. The van der Waals surface area contributed by atoms with Gasteiger partial charge in [0.05, 0.1) is 0 Å². The van der Waals surface area contributed by atoms with Crippen LogP contribution in [0.15, 0.2) is 54.7 Å². The molecular weight excluding hydrogens is 468 g/mol. The summed E-state index contributed by atoms with van der Waals surface area (Å²) >= 11 is 0. The highest BCUT2D eigenvalue weighted by Crippen LogP contribution is 2.45. The van der Waals surface area contributed by atoms with Gasteiger partial charge in [-0.3, -0.25) is 4.79 Å². The summed E-state index contributed by atoms with van der Waals surface area (Å²) in [5.41, 5.74) is 3.49. The topological polar surface area (TPSA) is 44.4 Å². The maximum absolute atomic E-state index is 14.6. The second-order valence-corrected chi connectivity index (χ2v) is 11.1. The van der Waals surface area contributed by atoms with E-state index in [1.807, 2.05) is 32.0 Å². The van der Waals surface area contributed by atoms with E-state index in [2.05, 4.69) is 22.1 Å². The Bertz CT molecular complexity index is 1070. The fraction of sp³-hybridized carbons (Fsp3) is 0.516. The first-order valence-corrected chi connectivity index (χ1v) is 13.8. The third-order valence-corrected chi connectivity index (χ3v) is 8.24. The molecule has 2 fully saturated rings. The number of carbonyl (C=O) groups is 1. The van der Waals surface area contributed by atoms with Crippen LogP contribution in [0.1, 0.15) is 75.8 Å². The Kier molecular flexibility index (Phi) is 9.01. The van der Waals surface area contributed by atoms with E-state index in [1.165, 1.54) is 18.9 Å². The summed E-state index contributed by atoms with van der Waals surface area (Å²) < 4.78 is 28.1. The van der Waals surface area contributed by atoms with E-state index in [-0.39, 0.29) is 34.8 Å². The van der Waals surface area contributed by atoms with Gasteiger partial charge in [-0.05, 0) is 99.1 Å². The zero-order chi connectivity index (χ0) is 26.4. The van der Waals surface area contributed by atoms with E-state index in [9.17, 15) is 13.6 Å². The number of halogens is 2. The van der Waals surface area contributed by atoms with Crippen molar-refractivity contribution in [2.75, 3.05) is 31.5 Å². The normalized spacial score (nSPS) is 18.2. The minimum atomic E-state index is -0.201. The number of hydrogen-bond donors (Lipinski definition) is 2. The van der Waals surface area contributed by atoms with Crippen molar-refractivity contribution >= 4 is 11.6 Å². The number of piperidine rings is 1. The molecule has 0 spiro atoms. The van der Waals surface area contributed by atoms with Crippen LogP contribution in [0.4, 0.5) is 14.5 Å². The van der Waals surface area contributed by atoms with Crippen molar-refractivity contribution in [1.82, 2.24) is 10.2 Å². The van der Waals surface area contributed by atoms with Gasteiger partial charge in [0.2, 0.25) is 5.91 Å². The van der Waals surface area contributed by atoms with Gasteiger partial charge >= 0.3 is 0 Å². The van der Waals surface area contributed by atoms with E-state index in [4.69, 9.17) is 0 Å². The minimum absolute atomic E-state index is 0.0554. The molecule has 0 unspecified atom stereocenters. The Labute approximate surface area is 220 Å². The van der Waals surface area contributed by atoms with Crippen LogP contribution in [-0.2, 0) is 10.2 Å². The van der Waals surface area contributed by atoms with Gasteiger partial charge in [-0.25, -0.2) is 8.78 Å². The molecule has 1 saturated carbocycles. The van der Waals surface area contributed by atoms with Gasteiger partial charge in [-0.2, -0.15) is 0 Å². The lowest BCUT2D eigenvalue weighted by Gasteiger charge is -2.34. The summed E-state index contributed by atoms with van der Waals surface area (Å²) in [5, 5.41) is 6.48. The zero-order valence-corrected chi connectivity index (χ0v) is 22.3. The van der Waals surface area contributed by atoms with Crippen LogP contribution in [0, 0.1) is 17.6 Å². The van der Waals surface area contributed by atoms with Gasteiger partial charge in [0.1, 0.15) is 11.6 Å². The number of nitrogens with zero attached hydrogens (tertiary/aromatic N) is 1. The lowest BCUT2D eigenvalue weighted by molar-refractivity contribution is -0.118. The summed E-state index contributed by atoms with van der Waals surface area (Å²) in [7, 11) is 0. The number of allylic oxidation sites excluding steroid dienone is 1. The summed E-state index contributed by atoms with van der Waals surface area (Å²) in [5.74, 6) is -0.392. The molecule has 1 saturated heterocycles. The second kappa shape index (κ2) is 12.2. The highest BCUT2D eigenvalue weighted by molar-refractivity contribution is 5.92. The number of nitrogens with one attached hydrogen (secondary N) is 2. The van der Waals surface area contributed by atoms with E-state index >= 15 is 0 Å². The van der Waals surface area contributed by atoms with Crippen molar-refractivity contribution in [2.24, 2.45) is 5.92 Å². The van der Waals surface area contributed by atoms with E-state index in [0.29, 0.717) is 11.3 Å². The van der Waals surface area contributed by atoms with Crippen molar-refractivity contribution in [3.8, 4) is 0 Å². The standard InChI is InChI=1S/C31H41F2N3O/c1-22(2)30(37)35-27-11-12-29(33)28(21-27)24-13-19-36(20-14-24)18-6-17-34-23(3)31(15-4-5-16-31)25-7-9-26(32)10-8-25/h7-12,21-22,24,34H,3-6,13-20H2,1-2H3,(H,35,37). The number of amides is 1. The average molecular weight is 510 g/mol. The molecule has 0 radical (unpaired) electrons. The number of likely N-dealkylation sites (tertiary alicyclic amines) is 1. The third-order valence-electron chi connectivity index (χ3n) is 8.24. The Hall–Kier alpha value is -2.73. The van der Waals surface area contributed by atoms with Crippen molar-refractivity contribution in [3.63, 3.8) is 0 Å². The lowest BCUT2D eigenvalue weighted by atomic mass is 9.76. The number of benzene rings is 2. The van der Waals surface area contributed by atoms with E-state index in [0.717, 1.165) is 69.5 Å². The highest BCUT2D eigenvalue weighted by atomic mass is 19.1. The van der Waals surface area contributed by atoms with Gasteiger partial charge < -0.3 is 15.5 Å². The van der Waals surface area contributed by atoms with Crippen molar-refractivity contribution in [2.45, 2.75) is 70.1 Å². The SMILES string of the molecule is C=C(NCCCN1CCC(c2cc(NC(=O)C(C)C)ccc2F)CC1)C1(c2ccc(F)cc2)CCCC1. The smallest absolute Gasteiger partial charge is 0.226 e. The molecule has 0 bridgehead atoms. The first-order chi connectivity index (χ1) is 17.8. The summed E-state index contributed by atoms with van der Waals surface area (Å²) in [6.45, 7) is 11.8. The fourth-order valence-corrected chi connectivity index (χ4v) is 5.91. The molecule has 4 nitrogen and oxygen atoms in total. The molecule has 6 heteroatoms. The highest BCUT2D eigenvalue weighted by Gasteiger charge is 2.38. The monoisotopic (exact) mass is 509 g/mol. The average Bonchev–Trinajstić information content (AvgIpc) is 3.40. The molecule has 2 aliphatic rings. The molecular formula is C31H41F2N3O. The van der Waals surface area contributed by atoms with Crippen LogP contribution < -0.4 is 10.6 Å². The first kappa shape index (κ1) is 27.3. The number of rotatable bonds is 10. The summed E-state index contributed by atoms with van der Waals surface area (Å²) in [6.07, 6.45) is 7.27. The molecule has 1 heterocycles. The fourth-order valence-electron chi connectivity index (χ4n) is 5.91. The molecule has 2 N–H and O–H groups in total. The van der Waals surface area contributed by atoms with Crippen LogP contribution in [0.5, 0.6) is 0 Å². The summed E-state index contributed by atoms with van der Waals surface area (Å²) in [6, 6.07) is 11.8. The first-order valence-electron chi connectivity index (χ1n) is 13.8. The van der Waals surface area contributed by atoms with Gasteiger partial charge in [-0.15, -0.1) is 0 Å². The molecule has 1 aliphatic carbocycles. The Morgan fingerprint density at radius 2 is 1.76 bits per heavy atom. The van der Waals surface area contributed by atoms with Crippen LogP contribution in [0.2, 0.25) is 0 Å². The minimum Gasteiger partial charge on any atom is -0.388 e. The Morgan fingerprint density at radius 3 is 2.41 bits per heavy atom. The molecule has 1 amide bonds. The van der Waals surface area contributed by atoms with Crippen molar-refractivity contribution < 1.29 is 13.6 Å². The molecule has 0 atom stereocenters. The summed E-state index contributed by atoms with van der Waals surface area (Å²) in [4.78, 5) is 14.5. The van der Waals surface area contributed by atoms with Gasteiger partial charge in [0.15, 0.2) is 0 Å². The number of anilines is 1. The quantitative estimate of drug-likeness (QED) is 0.349. The molecule has 0 aromatic heterocycles. The maximum Gasteiger partial charge on any atom is 0.226 e. The van der Waals surface area contributed by atoms with Crippen LogP contribution >= 0.6 is 0 Å². The predicted molar refractivity (Wildman–Crippen MR) is 147 cm³/mol. The predicted octanol–water partition coefficient (Wildman–Crippen LogP) is 6.74. The van der Waals surface area contributed by atoms with Crippen LogP contribution in [0.25, 0.3) is 0 Å². The zero-order valence-electron chi connectivity index (χ0n) is 22.3. The molecule has 4 rings (SSSR count).